The minimum Gasteiger partial charge on any atom is -0.466 e. The molecular weight excluding hydrogens is 409 g/mol. The van der Waals surface area contributed by atoms with Crippen LogP contribution in [0.1, 0.15) is 5.56 Å². The third kappa shape index (κ3) is 4.13. The molecule has 1 aromatic rings. The minimum absolute atomic E-state index is 0.0196. The number of esters is 1. The van der Waals surface area contributed by atoms with Crippen LogP contribution in [-0.2, 0) is 20.5 Å². The first-order valence-corrected chi connectivity index (χ1v) is 7.83. The van der Waals surface area contributed by atoms with Gasteiger partial charge in [0.25, 0.3) is 5.91 Å². The zero-order valence-electron chi connectivity index (χ0n) is 13.0. The fraction of sp³-hybridized carbons (Fsp3) is 0.333. The Hall–Kier alpha value is -2.07. The molecule has 1 aliphatic heterocycles. The first-order valence-electron chi connectivity index (χ1n) is 7.04. The lowest BCUT2D eigenvalue weighted by Gasteiger charge is -2.16. The van der Waals surface area contributed by atoms with E-state index in [9.17, 15) is 22.8 Å². The van der Waals surface area contributed by atoms with Gasteiger partial charge in [-0.2, -0.15) is 13.2 Å². The average Bonchev–Trinajstić information content (AvgIpc) is 2.85. The zero-order chi connectivity index (χ0) is 18.8. The Bertz CT molecular complexity index is 734. The summed E-state index contributed by atoms with van der Waals surface area (Å²) in [6, 6.07) is 2.90. The number of carbonyl (C=O) groups excluding carboxylic acids is 2. The number of aliphatic hydroxyl groups is 1. The number of ether oxygens (including phenoxy) is 1. The Balaban J connectivity index is 2.41. The van der Waals surface area contributed by atoms with E-state index in [0.717, 1.165) is 19.2 Å². The second-order valence-electron chi connectivity index (χ2n) is 5.11. The highest BCUT2D eigenvalue weighted by Crippen LogP contribution is 2.35. The van der Waals surface area contributed by atoms with Crippen LogP contribution in [0.25, 0.3) is 0 Å². The number of anilines is 1. The number of alkyl halides is 3. The number of hydrogen-bond acceptors (Lipinski definition) is 5. The number of nitrogens with zero attached hydrogens (tertiary/aromatic N) is 1. The van der Waals surface area contributed by atoms with Gasteiger partial charge in [-0.15, -0.1) is 0 Å². The third-order valence-electron chi connectivity index (χ3n) is 3.51. The first-order chi connectivity index (χ1) is 11.7. The maximum atomic E-state index is 12.9. The second kappa shape index (κ2) is 7.44. The zero-order valence-corrected chi connectivity index (χ0v) is 14.6. The fourth-order valence-corrected chi connectivity index (χ4v) is 2.63. The van der Waals surface area contributed by atoms with Crippen molar-refractivity contribution in [3.63, 3.8) is 0 Å². The van der Waals surface area contributed by atoms with E-state index in [1.807, 2.05) is 0 Å². The maximum absolute atomic E-state index is 12.9. The fourth-order valence-electron chi connectivity index (χ4n) is 2.28. The van der Waals surface area contributed by atoms with Crippen LogP contribution in [-0.4, -0.2) is 48.7 Å². The van der Waals surface area contributed by atoms with E-state index in [1.54, 1.807) is 0 Å². The van der Waals surface area contributed by atoms with Crippen molar-refractivity contribution in [2.24, 2.45) is 0 Å². The van der Waals surface area contributed by atoms with Crippen molar-refractivity contribution in [2.75, 3.05) is 32.1 Å². The Morgan fingerprint density at radius 1 is 1.44 bits per heavy atom. The van der Waals surface area contributed by atoms with Crippen LogP contribution in [0.3, 0.4) is 0 Å². The van der Waals surface area contributed by atoms with Crippen LogP contribution in [0.2, 0.25) is 0 Å². The highest BCUT2D eigenvalue weighted by molar-refractivity contribution is 9.10. The standard InChI is InChI=1S/C15H14BrF3N2O4/c1-25-14(24)9-7-21(4-5-22)13(23)12(9)20-11-6-8(15(17,18)19)2-3-10(11)16/h2-3,6,20,22H,4-5,7H2,1H3. The van der Waals surface area contributed by atoms with Crippen molar-refractivity contribution in [1.29, 1.82) is 0 Å². The monoisotopic (exact) mass is 422 g/mol. The summed E-state index contributed by atoms with van der Waals surface area (Å²) < 4.78 is 43.5. The van der Waals surface area contributed by atoms with Gasteiger partial charge in [-0.25, -0.2) is 4.79 Å². The van der Waals surface area contributed by atoms with Gasteiger partial charge in [0.1, 0.15) is 5.70 Å². The van der Waals surface area contributed by atoms with Crippen LogP contribution < -0.4 is 5.32 Å². The van der Waals surface area contributed by atoms with Gasteiger partial charge in [0.15, 0.2) is 0 Å². The van der Waals surface area contributed by atoms with Crippen LogP contribution in [0.5, 0.6) is 0 Å². The molecule has 1 amide bonds. The maximum Gasteiger partial charge on any atom is 0.416 e. The molecule has 0 bridgehead atoms. The van der Waals surface area contributed by atoms with E-state index in [-0.39, 0.29) is 41.1 Å². The molecule has 1 aromatic carbocycles. The highest BCUT2D eigenvalue weighted by atomic mass is 79.9. The third-order valence-corrected chi connectivity index (χ3v) is 4.20. The second-order valence-corrected chi connectivity index (χ2v) is 5.97. The molecule has 0 aromatic heterocycles. The molecule has 1 aliphatic rings. The summed E-state index contributed by atoms with van der Waals surface area (Å²) in [6.45, 7) is -0.444. The molecule has 0 aliphatic carbocycles. The number of carbonyl (C=O) groups is 2. The summed E-state index contributed by atoms with van der Waals surface area (Å²) in [7, 11) is 1.13. The normalized spacial score (nSPS) is 15.0. The molecule has 136 valence electrons. The summed E-state index contributed by atoms with van der Waals surface area (Å²) in [5.41, 5.74) is -1.13. The van der Waals surface area contributed by atoms with Crippen molar-refractivity contribution >= 4 is 33.5 Å². The van der Waals surface area contributed by atoms with Crippen molar-refractivity contribution in [2.45, 2.75) is 6.18 Å². The molecule has 0 saturated carbocycles. The summed E-state index contributed by atoms with van der Waals surface area (Å²) in [5.74, 6) is -1.39. The van der Waals surface area contributed by atoms with Gasteiger partial charge in [-0.3, -0.25) is 4.79 Å². The van der Waals surface area contributed by atoms with Gasteiger partial charge in [0.2, 0.25) is 0 Å². The molecule has 0 fully saturated rings. The minimum atomic E-state index is -4.56. The largest absolute Gasteiger partial charge is 0.466 e. The SMILES string of the molecule is COC(=O)C1=C(Nc2cc(C(F)(F)F)ccc2Br)C(=O)N(CCO)C1. The predicted molar refractivity (Wildman–Crippen MR) is 85.5 cm³/mol. The number of benzene rings is 1. The first kappa shape index (κ1) is 19.3. The number of amides is 1. The Labute approximate surface area is 149 Å². The van der Waals surface area contributed by atoms with Gasteiger partial charge >= 0.3 is 12.1 Å². The van der Waals surface area contributed by atoms with Crippen LogP contribution in [0.4, 0.5) is 18.9 Å². The van der Waals surface area contributed by atoms with E-state index in [1.165, 1.54) is 11.0 Å². The molecule has 0 atom stereocenters. The molecule has 10 heteroatoms. The van der Waals surface area contributed by atoms with Crippen molar-refractivity contribution in [3.8, 4) is 0 Å². The number of methoxy groups -OCH3 is 1. The van der Waals surface area contributed by atoms with Crippen LogP contribution >= 0.6 is 15.9 Å². The lowest BCUT2D eigenvalue weighted by molar-refractivity contribution is -0.138. The number of hydrogen-bond donors (Lipinski definition) is 2. The van der Waals surface area contributed by atoms with E-state index >= 15 is 0 Å². The molecule has 0 radical (unpaired) electrons. The van der Waals surface area contributed by atoms with Gasteiger partial charge in [0, 0.05) is 11.0 Å². The summed E-state index contributed by atoms with van der Waals surface area (Å²) in [6.07, 6.45) is -4.56. The molecule has 0 saturated heterocycles. The Kier molecular flexibility index (Phi) is 5.73. The number of β-amino-alcohol motifs (C(OH)–C–C–N with tert-alkyl or cyclic N) is 1. The van der Waals surface area contributed by atoms with Gasteiger partial charge in [-0.05, 0) is 34.1 Å². The quantitative estimate of drug-likeness (QED) is 0.710. The van der Waals surface area contributed by atoms with E-state index in [4.69, 9.17) is 5.11 Å². The molecule has 1 heterocycles. The molecule has 6 nitrogen and oxygen atoms in total. The van der Waals surface area contributed by atoms with Crippen molar-refractivity contribution in [1.82, 2.24) is 4.90 Å². The van der Waals surface area contributed by atoms with Crippen molar-refractivity contribution in [3.05, 3.63) is 39.5 Å². The van der Waals surface area contributed by atoms with Gasteiger partial charge < -0.3 is 20.1 Å². The predicted octanol–water partition coefficient (Wildman–Crippen LogP) is 2.14. The topological polar surface area (TPSA) is 78.9 Å². The van der Waals surface area contributed by atoms with E-state index in [2.05, 4.69) is 26.0 Å². The molecule has 0 unspecified atom stereocenters. The molecule has 2 rings (SSSR count). The Morgan fingerprint density at radius 2 is 2.12 bits per heavy atom. The van der Waals surface area contributed by atoms with Gasteiger partial charge in [-0.1, -0.05) is 0 Å². The summed E-state index contributed by atoms with van der Waals surface area (Å²) >= 11 is 3.11. The average molecular weight is 423 g/mol. The Morgan fingerprint density at radius 3 is 2.68 bits per heavy atom. The van der Waals surface area contributed by atoms with E-state index in [0.29, 0.717) is 0 Å². The molecule has 0 spiro atoms. The van der Waals surface area contributed by atoms with Crippen LogP contribution in [0, 0.1) is 0 Å². The smallest absolute Gasteiger partial charge is 0.416 e. The number of rotatable bonds is 5. The van der Waals surface area contributed by atoms with Crippen LogP contribution in [0.15, 0.2) is 33.9 Å². The summed E-state index contributed by atoms with van der Waals surface area (Å²) in [4.78, 5) is 25.4. The summed E-state index contributed by atoms with van der Waals surface area (Å²) in [5, 5.41) is 11.6. The number of nitrogens with one attached hydrogen (secondary N) is 1. The molecule has 25 heavy (non-hydrogen) atoms. The van der Waals surface area contributed by atoms with E-state index < -0.39 is 23.6 Å². The highest BCUT2D eigenvalue weighted by Gasteiger charge is 2.35. The number of halogens is 4. The molecular formula is C15H14BrF3N2O4. The lowest BCUT2D eigenvalue weighted by atomic mass is 10.1. The number of aliphatic hydroxyl groups excluding tert-OH is 1. The molecule has 2 N–H and O–H groups in total. The van der Waals surface area contributed by atoms with Gasteiger partial charge in [0.05, 0.1) is 37.1 Å². The van der Waals surface area contributed by atoms with Crippen molar-refractivity contribution < 1.29 is 32.6 Å². The lowest BCUT2D eigenvalue weighted by Crippen LogP contribution is -2.31.